The van der Waals surface area contributed by atoms with Crippen LogP contribution in [0, 0.1) is 0 Å². The molecule has 0 saturated carbocycles. The summed E-state index contributed by atoms with van der Waals surface area (Å²) in [7, 11) is 0. The Bertz CT molecular complexity index is 767. The van der Waals surface area contributed by atoms with Gasteiger partial charge in [-0.05, 0) is 17.7 Å². The summed E-state index contributed by atoms with van der Waals surface area (Å²) in [4.78, 5) is 12.7. The fraction of sp³-hybridized carbons (Fsp3) is 0.0667. The molecule has 0 aliphatic heterocycles. The monoisotopic (exact) mass is 320 g/mol. The van der Waals surface area contributed by atoms with Crippen molar-refractivity contribution in [1.29, 1.82) is 0 Å². The Morgan fingerprint density at radius 2 is 1.95 bits per heavy atom. The highest BCUT2D eigenvalue weighted by atomic mass is 32.1. The lowest BCUT2D eigenvalue weighted by Crippen LogP contribution is -2.09. The summed E-state index contributed by atoms with van der Waals surface area (Å²) in [6, 6.07) is 9.65. The predicted molar refractivity (Wildman–Crippen MR) is 79.2 cm³/mol. The fourth-order valence-electron chi connectivity index (χ4n) is 1.85. The van der Waals surface area contributed by atoms with Crippen molar-refractivity contribution >= 4 is 22.2 Å². The van der Waals surface area contributed by atoms with Gasteiger partial charge in [-0.15, -0.1) is 11.3 Å². The number of nitrogens with zero attached hydrogens (tertiary/aromatic N) is 1. The van der Waals surface area contributed by atoms with Crippen molar-refractivity contribution in [3.63, 3.8) is 0 Å². The average molecular weight is 320 g/mol. The highest BCUT2D eigenvalue weighted by Gasteiger charge is 2.11. The number of nitrogens with one attached hydrogen (secondary N) is 1. The summed E-state index contributed by atoms with van der Waals surface area (Å²) in [5.41, 5.74) is 1.14. The molecule has 0 saturated heterocycles. The molecule has 1 aromatic carbocycles. The Morgan fingerprint density at radius 1 is 1.18 bits per heavy atom. The summed E-state index contributed by atoms with van der Waals surface area (Å²) in [6.07, 6.45) is 0.107. The van der Waals surface area contributed by atoms with Crippen LogP contribution in [0.15, 0.2) is 53.4 Å². The van der Waals surface area contributed by atoms with Crippen molar-refractivity contribution in [1.82, 2.24) is 5.16 Å². The first kappa shape index (κ1) is 14.4. The van der Waals surface area contributed by atoms with Crippen LogP contribution < -0.4 is 5.32 Å². The number of rotatable bonds is 4. The van der Waals surface area contributed by atoms with Gasteiger partial charge >= 0.3 is 0 Å². The van der Waals surface area contributed by atoms with E-state index in [0.717, 1.165) is 10.4 Å². The maximum atomic E-state index is 12.5. The van der Waals surface area contributed by atoms with Crippen LogP contribution in [-0.2, 0) is 0 Å². The molecule has 2 heterocycles. The second-order valence-electron chi connectivity index (χ2n) is 4.45. The van der Waals surface area contributed by atoms with Crippen molar-refractivity contribution < 1.29 is 18.1 Å². The highest BCUT2D eigenvalue weighted by Crippen LogP contribution is 2.32. The Balaban J connectivity index is 1.74. The molecule has 0 aliphatic rings. The second kappa shape index (κ2) is 6.07. The van der Waals surface area contributed by atoms with Gasteiger partial charge in [0.05, 0.1) is 16.8 Å². The SMILES string of the molecule is O=C(Nc1ccc(-c2ccc(C(F)F)cc2)s1)c1cnoc1. The number of carbonyl (C=O) groups excluding carboxylic acids is 1. The van der Waals surface area contributed by atoms with Crippen molar-refractivity contribution in [2.75, 3.05) is 5.32 Å². The molecule has 0 fully saturated rings. The van der Waals surface area contributed by atoms with Gasteiger partial charge in [0.15, 0.2) is 0 Å². The Hall–Kier alpha value is -2.54. The number of thiophene rings is 1. The smallest absolute Gasteiger partial charge is 0.263 e. The van der Waals surface area contributed by atoms with Crippen molar-refractivity contribution in [3.05, 3.63) is 60.0 Å². The van der Waals surface area contributed by atoms with E-state index >= 15 is 0 Å². The molecule has 3 rings (SSSR count). The van der Waals surface area contributed by atoms with Crippen molar-refractivity contribution in [2.45, 2.75) is 6.43 Å². The molecule has 0 spiro atoms. The minimum absolute atomic E-state index is 0.0127. The molecule has 0 aliphatic carbocycles. The molecule has 1 N–H and O–H groups in total. The first-order valence-electron chi connectivity index (χ1n) is 6.32. The largest absolute Gasteiger partial charge is 0.364 e. The number of hydrogen-bond donors (Lipinski definition) is 1. The van der Waals surface area contributed by atoms with E-state index in [2.05, 4.69) is 15.0 Å². The van der Waals surface area contributed by atoms with Gasteiger partial charge in [0.1, 0.15) is 6.26 Å². The van der Waals surface area contributed by atoms with E-state index < -0.39 is 6.43 Å². The Labute approximate surface area is 128 Å². The van der Waals surface area contributed by atoms with Crippen LogP contribution in [0.5, 0.6) is 0 Å². The topological polar surface area (TPSA) is 55.1 Å². The van der Waals surface area contributed by atoms with Gasteiger partial charge < -0.3 is 9.84 Å². The van der Waals surface area contributed by atoms with E-state index in [1.807, 2.05) is 6.07 Å². The molecule has 0 radical (unpaired) electrons. The first-order valence-corrected chi connectivity index (χ1v) is 7.14. The lowest BCUT2D eigenvalue weighted by atomic mass is 10.1. The molecule has 0 bridgehead atoms. The maximum absolute atomic E-state index is 12.5. The van der Waals surface area contributed by atoms with Crippen LogP contribution in [0.2, 0.25) is 0 Å². The fourth-order valence-corrected chi connectivity index (χ4v) is 2.76. The molecule has 7 heteroatoms. The van der Waals surface area contributed by atoms with E-state index in [0.29, 0.717) is 10.6 Å². The third-order valence-corrected chi connectivity index (χ3v) is 4.03. The minimum Gasteiger partial charge on any atom is -0.364 e. The normalized spacial score (nSPS) is 10.9. The second-order valence-corrected chi connectivity index (χ2v) is 5.54. The molecule has 2 aromatic heterocycles. The summed E-state index contributed by atoms with van der Waals surface area (Å²) >= 11 is 1.36. The molecule has 112 valence electrons. The van der Waals surface area contributed by atoms with Gasteiger partial charge in [0, 0.05) is 10.4 Å². The number of alkyl halides is 2. The molecule has 0 unspecified atom stereocenters. The summed E-state index contributed by atoms with van der Waals surface area (Å²) in [5, 5.41) is 6.84. The van der Waals surface area contributed by atoms with E-state index in [1.54, 1.807) is 18.2 Å². The molecule has 22 heavy (non-hydrogen) atoms. The molecule has 1 amide bonds. The van der Waals surface area contributed by atoms with E-state index in [9.17, 15) is 13.6 Å². The first-order chi connectivity index (χ1) is 10.6. The number of amides is 1. The number of carbonyl (C=O) groups is 1. The van der Waals surface area contributed by atoms with Crippen LogP contribution in [0.3, 0.4) is 0 Å². The van der Waals surface area contributed by atoms with E-state index in [1.165, 1.54) is 35.9 Å². The van der Waals surface area contributed by atoms with Gasteiger partial charge in [0.25, 0.3) is 12.3 Å². The summed E-state index contributed by atoms with van der Waals surface area (Å²) < 4.78 is 29.7. The molecular formula is C15H10F2N2O2S. The average Bonchev–Trinajstić information content (AvgIpc) is 3.19. The third kappa shape index (κ3) is 3.04. The van der Waals surface area contributed by atoms with Crippen LogP contribution in [0.4, 0.5) is 13.8 Å². The zero-order chi connectivity index (χ0) is 15.5. The standard InChI is InChI=1S/C15H10F2N2O2S/c16-14(17)10-3-1-9(2-4-10)12-5-6-13(22-12)19-15(20)11-7-18-21-8-11/h1-8,14H,(H,19,20). The van der Waals surface area contributed by atoms with Crippen LogP contribution >= 0.6 is 11.3 Å². The molecule has 3 aromatic rings. The highest BCUT2D eigenvalue weighted by molar-refractivity contribution is 7.19. The Kier molecular flexibility index (Phi) is 3.97. The van der Waals surface area contributed by atoms with Crippen LogP contribution in [0.1, 0.15) is 22.3 Å². The van der Waals surface area contributed by atoms with Gasteiger partial charge in [-0.1, -0.05) is 29.4 Å². The number of hydrogen-bond acceptors (Lipinski definition) is 4. The number of halogens is 2. The quantitative estimate of drug-likeness (QED) is 0.765. The summed E-state index contributed by atoms with van der Waals surface area (Å²) in [5.74, 6) is -0.317. The van der Waals surface area contributed by atoms with E-state index in [4.69, 9.17) is 0 Å². The van der Waals surface area contributed by atoms with Gasteiger partial charge in [-0.25, -0.2) is 8.78 Å². The Morgan fingerprint density at radius 3 is 2.59 bits per heavy atom. The zero-order valence-electron chi connectivity index (χ0n) is 11.1. The minimum atomic E-state index is -2.48. The molecular weight excluding hydrogens is 310 g/mol. The van der Waals surface area contributed by atoms with Gasteiger partial charge in [0.2, 0.25) is 0 Å². The van der Waals surface area contributed by atoms with Crippen molar-refractivity contribution in [3.8, 4) is 10.4 Å². The molecule has 4 nitrogen and oxygen atoms in total. The number of anilines is 1. The summed E-state index contributed by atoms with van der Waals surface area (Å²) in [6.45, 7) is 0. The van der Waals surface area contributed by atoms with Crippen LogP contribution in [0.25, 0.3) is 10.4 Å². The zero-order valence-corrected chi connectivity index (χ0v) is 11.9. The van der Waals surface area contributed by atoms with Gasteiger partial charge in [-0.3, -0.25) is 4.79 Å². The van der Waals surface area contributed by atoms with E-state index in [-0.39, 0.29) is 11.5 Å². The maximum Gasteiger partial charge on any atom is 0.263 e. The number of aromatic nitrogens is 1. The predicted octanol–water partition coefficient (Wildman–Crippen LogP) is 4.59. The lowest BCUT2D eigenvalue weighted by Gasteiger charge is -2.01. The molecule has 0 atom stereocenters. The van der Waals surface area contributed by atoms with Crippen LogP contribution in [-0.4, -0.2) is 11.1 Å². The number of benzene rings is 1. The van der Waals surface area contributed by atoms with Gasteiger partial charge in [-0.2, -0.15) is 0 Å². The third-order valence-electron chi connectivity index (χ3n) is 2.98. The lowest BCUT2D eigenvalue weighted by molar-refractivity contribution is 0.102. The van der Waals surface area contributed by atoms with Crippen molar-refractivity contribution in [2.24, 2.45) is 0 Å².